The standard InChI is InChI=1S/C28H41N3O4/c1-4-34-27(33)31-22-9-10-23(31)16-24(15-22)29-13-11-28(12-14-29)19-30(26(32)35-18-20(2)3)17-21-7-5-6-8-25(21)28/h5-8,20,22-24H,4,9-19H2,1-3H3. The number of likely N-dealkylation sites (tertiary alicyclic amines) is 1. The summed E-state index contributed by atoms with van der Waals surface area (Å²) >= 11 is 0. The van der Waals surface area contributed by atoms with Gasteiger partial charge in [-0.25, -0.2) is 9.59 Å². The Hall–Kier alpha value is -2.28. The van der Waals surface area contributed by atoms with Crippen molar-refractivity contribution in [1.82, 2.24) is 14.7 Å². The third-order valence-corrected chi connectivity index (χ3v) is 8.70. The van der Waals surface area contributed by atoms with Crippen LogP contribution in [0.3, 0.4) is 0 Å². The highest BCUT2D eigenvalue weighted by Gasteiger charge is 2.48. The Morgan fingerprint density at radius 2 is 1.69 bits per heavy atom. The van der Waals surface area contributed by atoms with Crippen LogP contribution in [-0.2, 0) is 21.4 Å². The van der Waals surface area contributed by atoms with Gasteiger partial charge in [0.2, 0.25) is 0 Å². The van der Waals surface area contributed by atoms with Crippen LogP contribution in [0.25, 0.3) is 0 Å². The molecule has 1 aromatic carbocycles. The molecule has 7 heteroatoms. The van der Waals surface area contributed by atoms with E-state index in [9.17, 15) is 9.59 Å². The molecule has 4 aliphatic rings. The first-order valence-electron chi connectivity index (χ1n) is 13.6. The van der Waals surface area contributed by atoms with E-state index < -0.39 is 0 Å². The number of hydrogen-bond donors (Lipinski definition) is 0. The lowest BCUT2D eigenvalue weighted by atomic mass is 9.68. The molecular formula is C28H41N3O4. The molecule has 4 heterocycles. The first-order valence-corrected chi connectivity index (χ1v) is 13.6. The van der Waals surface area contributed by atoms with Crippen LogP contribution >= 0.6 is 0 Å². The normalized spacial score (nSPS) is 27.7. The summed E-state index contributed by atoms with van der Waals surface area (Å²) in [6, 6.07) is 9.83. The van der Waals surface area contributed by atoms with Crippen molar-refractivity contribution in [1.29, 1.82) is 0 Å². The van der Waals surface area contributed by atoms with Gasteiger partial charge < -0.3 is 24.2 Å². The number of carbonyl (C=O) groups is 2. The second kappa shape index (κ2) is 10.00. The number of amides is 2. The second-order valence-electron chi connectivity index (χ2n) is 11.4. The van der Waals surface area contributed by atoms with E-state index in [0.717, 1.165) is 58.2 Å². The molecule has 35 heavy (non-hydrogen) atoms. The van der Waals surface area contributed by atoms with Crippen molar-refractivity contribution in [3.05, 3.63) is 35.4 Å². The highest BCUT2D eigenvalue weighted by atomic mass is 16.6. The monoisotopic (exact) mass is 483 g/mol. The zero-order valence-corrected chi connectivity index (χ0v) is 21.6. The number of carbonyl (C=O) groups excluding carboxylic acids is 2. The van der Waals surface area contributed by atoms with Gasteiger partial charge >= 0.3 is 12.2 Å². The van der Waals surface area contributed by atoms with Crippen LogP contribution in [0, 0.1) is 5.92 Å². The van der Waals surface area contributed by atoms with Crippen molar-refractivity contribution in [3.63, 3.8) is 0 Å². The van der Waals surface area contributed by atoms with Crippen LogP contribution in [0.5, 0.6) is 0 Å². The molecule has 192 valence electrons. The van der Waals surface area contributed by atoms with Crippen LogP contribution < -0.4 is 0 Å². The van der Waals surface area contributed by atoms with Crippen molar-refractivity contribution in [2.24, 2.45) is 5.92 Å². The molecule has 0 N–H and O–H groups in total. The lowest BCUT2D eigenvalue weighted by Gasteiger charge is -2.51. The molecule has 0 aliphatic carbocycles. The predicted octanol–water partition coefficient (Wildman–Crippen LogP) is 4.78. The third kappa shape index (κ3) is 4.76. The van der Waals surface area contributed by atoms with E-state index in [2.05, 4.69) is 43.0 Å². The molecule has 1 spiro atoms. The fourth-order valence-electron chi connectivity index (χ4n) is 7.03. The van der Waals surface area contributed by atoms with Crippen molar-refractivity contribution < 1.29 is 19.1 Å². The Kier molecular flexibility index (Phi) is 6.97. The van der Waals surface area contributed by atoms with Gasteiger partial charge in [-0.15, -0.1) is 0 Å². The Balaban J connectivity index is 1.26. The quantitative estimate of drug-likeness (QED) is 0.617. The molecule has 5 rings (SSSR count). The topological polar surface area (TPSA) is 62.3 Å². The van der Waals surface area contributed by atoms with Crippen LogP contribution in [0.15, 0.2) is 24.3 Å². The second-order valence-corrected chi connectivity index (χ2v) is 11.4. The highest BCUT2D eigenvalue weighted by molar-refractivity contribution is 5.69. The molecule has 2 bridgehead atoms. The Bertz CT molecular complexity index is 913. The van der Waals surface area contributed by atoms with Crippen molar-refractivity contribution in [2.45, 2.75) is 89.4 Å². The summed E-state index contributed by atoms with van der Waals surface area (Å²) in [5.74, 6) is 0.332. The van der Waals surface area contributed by atoms with Gasteiger partial charge in [-0.3, -0.25) is 0 Å². The maximum atomic E-state index is 12.9. The Morgan fingerprint density at radius 1 is 1.00 bits per heavy atom. The molecule has 2 amide bonds. The molecule has 0 saturated carbocycles. The summed E-state index contributed by atoms with van der Waals surface area (Å²) in [6.07, 6.45) is 6.07. The molecule has 3 saturated heterocycles. The van der Waals surface area contributed by atoms with Gasteiger partial charge in [0, 0.05) is 36.6 Å². The number of fused-ring (bicyclic) bond motifs is 4. The van der Waals surface area contributed by atoms with Crippen LogP contribution in [0.1, 0.15) is 70.4 Å². The van der Waals surface area contributed by atoms with E-state index in [1.165, 1.54) is 11.1 Å². The van der Waals surface area contributed by atoms with Gasteiger partial charge in [-0.05, 0) is 75.6 Å². The van der Waals surface area contributed by atoms with Gasteiger partial charge in [0.25, 0.3) is 0 Å². The first kappa shape index (κ1) is 24.4. The van der Waals surface area contributed by atoms with E-state index in [-0.39, 0.29) is 17.6 Å². The van der Waals surface area contributed by atoms with Gasteiger partial charge in [-0.2, -0.15) is 0 Å². The lowest BCUT2D eigenvalue weighted by Crippen LogP contribution is -2.57. The van der Waals surface area contributed by atoms with E-state index >= 15 is 0 Å². The molecule has 0 radical (unpaired) electrons. The maximum Gasteiger partial charge on any atom is 0.410 e. The number of nitrogens with zero attached hydrogens (tertiary/aromatic N) is 3. The lowest BCUT2D eigenvalue weighted by molar-refractivity contribution is 0.0176. The summed E-state index contributed by atoms with van der Waals surface area (Å²) in [7, 11) is 0. The molecule has 0 aromatic heterocycles. The average molecular weight is 484 g/mol. The largest absolute Gasteiger partial charge is 0.450 e. The predicted molar refractivity (Wildman–Crippen MR) is 134 cm³/mol. The van der Waals surface area contributed by atoms with E-state index in [1.54, 1.807) is 0 Å². The van der Waals surface area contributed by atoms with E-state index in [4.69, 9.17) is 9.47 Å². The summed E-state index contributed by atoms with van der Waals surface area (Å²) in [4.78, 5) is 32.0. The van der Waals surface area contributed by atoms with Crippen LogP contribution in [-0.4, -0.2) is 77.9 Å². The van der Waals surface area contributed by atoms with Gasteiger partial charge in [-0.1, -0.05) is 38.1 Å². The summed E-state index contributed by atoms with van der Waals surface area (Å²) in [5.41, 5.74) is 2.67. The zero-order chi connectivity index (χ0) is 24.6. The van der Waals surface area contributed by atoms with Crippen molar-refractivity contribution >= 4 is 12.2 Å². The average Bonchev–Trinajstić information content (AvgIpc) is 3.12. The Labute approximate surface area is 209 Å². The SMILES string of the molecule is CCOC(=O)N1C2CCC1CC(N1CCC3(CC1)CN(C(=O)OCC(C)C)Cc1ccccc13)C2. The zero-order valence-electron chi connectivity index (χ0n) is 21.6. The smallest absolute Gasteiger partial charge is 0.410 e. The Morgan fingerprint density at radius 3 is 2.34 bits per heavy atom. The minimum atomic E-state index is -0.182. The molecular weight excluding hydrogens is 442 g/mol. The molecule has 2 atom stereocenters. The fourth-order valence-corrected chi connectivity index (χ4v) is 7.03. The molecule has 7 nitrogen and oxygen atoms in total. The number of ether oxygens (including phenoxy) is 2. The van der Waals surface area contributed by atoms with Crippen LogP contribution in [0.2, 0.25) is 0 Å². The first-order chi connectivity index (χ1) is 16.9. The van der Waals surface area contributed by atoms with E-state index in [0.29, 0.717) is 43.8 Å². The van der Waals surface area contributed by atoms with Gasteiger partial charge in [0.15, 0.2) is 0 Å². The van der Waals surface area contributed by atoms with Crippen molar-refractivity contribution in [2.75, 3.05) is 32.8 Å². The number of benzene rings is 1. The molecule has 2 unspecified atom stereocenters. The highest BCUT2D eigenvalue weighted by Crippen LogP contribution is 2.44. The van der Waals surface area contributed by atoms with E-state index in [1.807, 2.05) is 16.7 Å². The van der Waals surface area contributed by atoms with Gasteiger partial charge in [0.1, 0.15) is 0 Å². The summed E-state index contributed by atoms with van der Waals surface area (Å²) in [5, 5.41) is 0. The number of hydrogen-bond acceptors (Lipinski definition) is 5. The molecule has 4 aliphatic heterocycles. The summed E-state index contributed by atoms with van der Waals surface area (Å²) in [6.45, 7) is 10.4. The minimum absolute atomic E-state index is 0.00713. The number of rotatable bonds is 4. The maximum absolute atomic E-state index is 12.9. The molecule has 3 fully saturated rings. The number of piperidine rings is 2. The minimum Gasteiger partial charge on any atom is -0.450 e. The summed E-state index contributed by atoms with van der Waals surface area (Å²) < 4.78 is 11.0. The fraction of sp³-hybridized carbons (Fsp3) is 0.714. The van der Waals surface area contributed by atoms with Crippen molar-refractivity contribution in [3.8, 4) is 0 Å². The van der Waals surface area contributed by atoms with Gasteiger partial charge in [0.05, 0.1) is 13.2 Å². The van der Waals surface area contributed by atoms with Crippen LogP contribution in [0.4, 0.5) is 9.59 Å². The molecule has 1 aromatic rings. The third-order valence-electron chi connectivity index (χ3n) is 8.70.